The van der Waals surface area contributed by atoms with Crippen LogP contribution in [0.5, 0.6) is 5.75 Å². The summed E-state index contributed by atoms with van der Waals surface area (Å²) in [7, 11) is 0. The molecule has 8 nitrogen and oxygen atoms in total. The van der Waals surface area contributed by atoms with Crippen LogP contribution in [0.2, 0.25) is 0 Å². The number of rotatable bonds is 5. The molecule has 4 rings (SSSR count). The maximum absolute atomic E-state index is 13.9. The summed E-state index contributed by atoms with van der Waals surface area (Å²) < 4.78 is 26.2. The standard InChI is InChI=1S/C18H15FN6O2/c1-2-26-14-10-6-5-9-13(14)25-16(20)15(22-24-25)18-21-17(23-27-18)11-7-3-4-8-12(11)19/h3-10H,2,20H2,1H3. The van der Waals surface area contributed by atoms with E-state index < -0.39 is 5.82 Å². The van der Waals surface area contributed by atoms with Gasteiger partial charge >= 0.3 is 0 Å². The monoisotopic (exact) mass is 366 g/mol. The fourth-order valence-corrected chi connectivity index (χ4v) is 2.60. The molecule has 0 saturated carbocycles. The van der Waals surface area contributed by atoms with E-state index in [9.17, 15) is 4.39 Å². The summed E-state index contributed by atoms with van der Waals surface area (Å²) in [5, 5.41) is 11.9. The van der Waals surface area contributed by atoms with Gasteiger partial charge in [0.15, 0.2) is 11.5 Å². The molecular formula is C18H15FN6O2. The highest BCUT2D eigenvalue weighted by Gasteiger charge is 2.21. The minimum Gasteiger partial charge on any atom is -0.492 e. The molecule has 2 heterocycles. The van der Waals surface area contributed by atoms with Crippen LogP contribution >= 0.6 is 0 Å². The van der Waals surface area contributed by atoms with Crippen LogP contribution in [0, 0.1) is 5.82 Å². The van der Waals surface area contributed by atoms with Gasteiger partial charge in [0.1, 0.15) is 17.3 Å². The van der Waals surface area contributed by atoms with Crippen molar-refractivity contribution in [3.05, 3.63) is 54.3 Å². The van der Waals surface area contributed by atoms with Crippen LogP contribution in [-0.4, -0.2) is 31.7 Å². The fourth-order valence-electron chi connectivity index (χ4n) is 2.60. The molecule has 136 valence electrons. The third kappa shape index (κ3) is 2.99. The van der Waals surface area contributed by atoms with Gasteiger partial charge in [-0.05, 0) is 31.2 Å². The molecule has 0 saturated heterocycles. The van der Waals surface area contributed by atoms with E-state index in [-0.39, 0.29) is 28.8 Å². The Labute approximate surface area is 153 Å². The van der Waals surface area contributed by atoms with E-state index in [0.717, 1.165) is 0 Å². The van der Waals surface area contributed by atoms with Gasteiger partial charge in [0.2, 0.25) is 5.82 Å². The van der Waals surface area contributed by atoms with Gasteiger partial charge in [-0.25, -0.2) is 4.39 Å². The van der Waals surface area contributed by atoms with Gasteiger partial charge in [-0.15, -0.1) is 5.10 Å². The van der Waals surface area contributed by atoms with Crippen LogP contribution in [0.15, 0.2) is 53.1 Å². The predicted octanol–water partition coefficient (Wildman–Crippen LogP) is 3.10. The summed E-state index contributed by atoms with van der Waals surface area (Å²) in [6.45, 7) is 2.38. The zero-order valence-corrected chi connectivity index (χ0v) is 14.3. The Bertz CT molecular complexity index is 1090. The zero-order chi connectivity index (χ0) is 18.8. The molecule has 2 aromatic heterocycles. The Morgan fingerprint density at radius 1 is 1.15 bits per heavy atom. The number of aromatic nitrogens is 5. The lowest BCUT2D eigenvalue weighted by molar-refractivity contribution is 0.338. The fraction of sp³-hybridized carbons (Fsp3) is 0.111. The van der Waals surface area contributed by atoms with Crippen molar-refractivity contribution >= 4 is 5.82 Å². The minimum atomic E-state index is -0.452. The normalized spacial score (nSPS) is 10.9. The third-order valence-corrected chi connectivity index (χ3v) is 3.84. The highest BCUT2D eigenvalue weighted by molar-refractivity contribution is 5.67. The maximum Gasteiger partial charge on any atom is 0.282 e. The topological polar surface area (TPSA) is 105 Å². The van der Waals surface area contributed by atoms with Crippen LogP contribution in [0.3, 0.4) is 0 Å². The Morgan fingerprint density at radius 3 is 2.74 bits per heavy atom. The predicted molar refractivity (Wildman–Crippen MR) is 95.6 cm³/mol. The Morgan fingerprint density at radius 2 is 1.93 bits per heavy atom. The van der Waals surface area contributed by atoms with E-state index in [4.69, 9.17) is 15.0 Å². The molecule has 0 atom stereocenters. The molecule has 0 fully saturated rings. The number of hydrogen-bond donors (Lipinski definition) is 1. The van der Waals surface area contributed by atoms with Gasteiger partial charge < -0.3 is 15.0 Å². The molecule has 2 N–H and O–H groups in total. The van der Waals surface area contributed by atoms with Crippen LogP contribution in [-0.2, 0) is 0 Å². The Hall–Kier alpha value is -3.75. The number of halogens is 1. The van der Waals surface area contributed by atoms with Crippen molar-refractivity contribution in [1.29, 1.82) is 0 Å². The lowest BCUT2D eigenvalue weighted by atomic mass is 10.2. The minimum absolute atomic E-state index is 0.0471. The van der Waals surface area contributed by atoms with Crippen molar-refractivity contribution in [2.45, 2.75) is 6.92 Å². The van der Waals surface area contributed by atoms with Gasteiger partial charge in [-0.1, -0.05) is 34.6 Å². The quantitative estimate of drug-likeness (QED) is 0.578. The van der Waals surface area contributed by atoms with E-state index >= 15 is 0 Å². The summed E-state index contributed by atoms with van der Waals surface area (Å²) in [6, 6.07) is 13.4. The summed E-state index contributed by atoms with van der Waals surface area (Å²) in [6.07, 6.45) is 0. The lowest BCUT2D eigenvalue weighted by Gasteiger charge is -2.10. The van der Waals surface area contributed by atoms with Crippen LogP contribution in [0.1, 0.15) is 6.92 Å². The molecule has 0 aliphatic rings. The van der Waals surface area contributed by atoms with Crippen LogP contribution < -0.4 is 10.5 Å². The molecule has 0 amide bonds. The maximum atomic E-state index is 13.9. The second kappa shape index (κ2) is 6.87. The van der Waals surface area contributed by atoms with Gasteiger partial charge in [-0.3, -0.25) is 0 Å². The number of anilines is 1. The SMILES string of the molecule is CCOc1ccccc1-n1nnc(-c2nc(-c3ccccc3F)no2)c1N. The van der Waals surface area contributed by atoms with Crippen molar-refractivity contribution in [1.82, 2.24) is 25.1 Å². The van der Waals surface area contributed by atoms with Gasteiger partial charge in [-0.2, -0.15) is 9.67 Å². The summed E-state index contributed by atoms with van der Waals surface area (Å²) >= 11 is 0. The summed E-state index contributed by atoms with van der Waals surface area (Å²) in [4.78, 5) is 4.19. The number of nitrogens with zero attached hydrogens (tertiary/aromatic N) is 5. The molecule has 27 heavy (non-hydrogen) atoms. The van der Waals surface area contributed by atoms with Crippen molar-refractivity contribution in [3.8, 4) is 34.4 Å². The molecule has 0 bridgehead atoms. The first-order valence-corrected chi connectivity index (χ1v) is 8.21. The van der Waals surface area contributed by atoms with Crippen molar-refractivity contribution in [2.75, 3.05) is 12.3 Å². The molecule has 0 radical (unpaired) electrons. The van der Waals surface area contributed by atoms with Crippen molar-refractivity contribution < 1.29 is 13.7 Å². The average molecular weight is 366 g/mol. The number of hydrogen-bond acceptors (Lipinski definition) is 7. The molecule has 9 heteroatoms. The third-order valence-electron chi connectivity index (χ3n) is 3.84. The van der Waals surface area contributed by atoms with E-state index in [1.165, 1.54) is 10.7 Å². The number of nitrogen functional groups attached to an aromatic ring is 1. The number of nitrogens with two attached hydrogens (primary N) is 1. The lowest BCUT2D eigenvalue weighted by Crippen LogP contribution is -2.05. The second-order valence-corrected chi connectivity index (χ2v) is 5.54. The molecule has 0 unspecified atom stereocenters. The van der Waals surface area contributed by atoms with Gasteiger partial charge in [0.25, 0.3) is 5.89 Å². The van der Waals surface area contributed by atoms with E-state index in [2.05, 4.69) is 20.5 Å². The number of benzene rings is 2. The smallest absolute Gasteiger partial charge is 0.282 e. The van der Waals surface area contributed by atoms with E-state index in [1.54, 1.807) is 24.3 Å². The summed E-state index contributed by atoms with van der Waals surface area (Å²) in [5.41, 5.74) is 7.25. The molecule has 0 aliphatic carbocycles. The number of para-hydroxylation sites is 2. The zero-order valence-electron chi connectivity index (χ0n) is 14.3. The first-order chi connectivity index (χ1) is 13.2. The molecule has 4 aromatic rings. The first kappa shape index (κ1) is 16.7. The van der Waals surface area contributed by atoms with Crippen LogP contribution in [0.4, 0.5) is 10.2 Å². The average Bonchev–Trinajstić information content (AvgIpc) is 3.30. The second-order valence-electron chi connectivity index (χ2n) is 5.54. The highest BCUT2D eigenvalue weighted by atomic mass is 19.1. The van der Waals surface area contributed by atoms with Crippen molar-refractivity contribution in [3.63, 3.8) is 0 Å². The molecule has 2 aromatic carbocycles. The summed E-state index contributed by atoms with van der Waals surface area (Å²) in [5.74, 6) is 0.511. The van der Waals surface area contributed by atoms with E-state index in [0.29, 0.717) is 18.0 Å². The van der Waals surface area contributed by atoms with E-state index in [1.807, 2.05) is 25.1 Å². The largest absolute Gasteiger partial charge is 0.492 e. The van der Waals surface area contributed by atoms with Crippen molar-refractivity contribution in [2.24, 2.45) is 0 Å². The molecular weight excluding hydrogens is 351 g/mol. The number of ether oxygens (including phenoxy) is 1. The molecule has 0 spiro atoms. The van der Waals surface area contributed by atoms with Gasteiger partial charge in [0, 0.05) is 0 Å². The molecule has 0 aliphatic heterocycles. The Kier molecular flexibility index (Phi) is 4.25. The highest BCUT2D eigenvalue weighted by Crippen LogP contribution is 2.30. The van der Waals surface area contributed by atoms with Gasteiger partial charge in [0.05, 0.1) is 12.2 Å². The van der Waals surface area contributed by atoms with Crippen LogP contribution in [0.25, 0.3) is 28.7 Å². The Balaban J connectivity index is 1.73. The first-order valence-electron chi connectivity index (χ1n) is 8.21.